The lowest BCUT2D eigenvalue weighted by Crippen LogP contribution is -2.52. The van der Waals surface area contributed by atoms with Gasteiger partial charge in [-0.05, 0) is 23.8 Å². The first-order valence-electron chi connectivity index (χ1n) is 9.46. The third kappa shape index (κ3) is 4.79. The lowest BCUT2D eigenvalue weighted by Gasteiger charge is -2.22. The molecule has 7 nitrogen and oxygen atoms in total. The van der Waals surface area contributed by atoms with Crippen molar-refractivity contribution in [2.45, 2.75) is 38.8 Å². The highest BCUT2D eigenvalue weighted by atomic mass is 16.5. The van der Waals surface area contributed by atoms with Gasteiger partial charge in [-0.3, -0.25) is 4.79 Å². The zero-order valence-corrected chi connectivity index (χ0v) is 16.0. The first-order chi connectivity index (χ1) is 13.4. The fourth-order valence-electron chi connectivity index (χ4n) is 3.25. The molecule has 1 aliphatic rings. The zero-order valence-electron chi connectivity index (χ0n) is 16.0. The number of hydrogen-bond donors (Lipinski definition) is 3. The molecule has 0 unspecified atom stereocenters. The van der Waals surface area contributed by atoms with Crippen LogP contribution in [0.1, 0.15) is 26.7 Å². The van der Waals surface area contributed by atoms with E-state index in [1.807, 2.05) is 56.3 Å². The Balaban J connectivity index is 1.68. The number of carbonyl (C=O) groups is 3. The van der Waals surface area contributed by atoms with Gasteiger partial charge in [-0.1, -0.05) is 50.2 Å². The van der Waals surface area contributed by atoms with E-state index in [1.54, 1.807) is 0 Å². The summed E-state index contributed by atoms with van der Waals surface area (Å²) in [5, 5.41) is 10.2. The van der Waals surface area contributed by atoms with Gasteiger partial charge in [-0.15, -0.1) is 0 Å². The number of hydrogen-bond acceptors (Lipinski definition) is 4. The fraction of sp³-hybridized carbons (Fsp3) is 0.381. The van der Waals surface area contributed by atoms with Crippen LogP contribution in [-0.4, -0.2) is 36.6 Å². The van der Waals surface area contributed by atoms with Gasteiger partial charge in [0, 0.05) is 11.8 Å². The number of urea groups is 1. The molecule has 0 radical (unpaired) electrons. The van der Waals surface area contributed by atoms with Crippen molar-refractivity contribution in [3.05, 3.63) is 42.5 Å². The molecular formula is C21H25N3O4. The van der Waals surface area contributed by atoms with Crippen molar-refractivity contribution in [2.75, 3.05) is 11.9 Å². The Morgan fingerprint density at radius 1 is 1.14 bits per heavy atom. The van der Waals surface area contributed by atoms with Crippen LogP contribution in [0.2, 0.25) is 0 Å². The summed E-state index contributed by atoms with van der Waals surface area (Å²) in [4.78, 5) is 36.8. The number of esters is 1. The average molecular weight is 383 g/mol. The standard InChI is InChI=1S/C21H25N3O4/c1-13(2)12-18(19(25)22-17-10-11-28-20(17)26)24-21(27)23-16-9-5-7-14-6-3-4-8-15(14)16/h3-9,13,17-18H,10-12H2,1-2H3,(H,22,25)(H2,23,24,27)/t17-,18-/m0/s1. The van der Waals surface area contributed by atoms with E-state index in [1.165, 1.54) is 0 Å². The molecule has 3 amide bonds. The molecule has 0 bridgehead atoms. The minimum Gasteiger partial charge on any atom is -0.464 e. The highest BCUT2D eigenvalue weighted by molar-refractivity contribution is 6.02. The first kappa shape index (κ1) is 19.7. The number of cyclic esters (lactones) is 1. The van der Waals surface area contributed by atoms with E-state index in [9.17, 15) is 14.4 Å². The van der Waals surface area contributed by atoms with Gasteiger partial charge in [0.1, 0.15) is 12.1 Å². The number of nitrogens with one attached hydrogen (secondary N) is 3. The quantitative estimate of drug-likeness (QED) is 0.668. The molecule has 2 atom stereocenters. The van der Waals surface area contributed by atoms with Gasteiger partial charge in [0.15, 0.2) is 0 Å². The van der Waals surface area contributed by atoms with Crippen LogP contribution < -0.4 is 16.0 Å². The zero-order chi connectivity index (χ0) is 20.1. The molecule has 0 saturated carbocycles. The van der Waals surface area contributed by atoms with E-state index in [0.29, 0.717) is 25.1 Å². The second kappa shape index (κ2) is 8.73. The Kier molecular flexibility index (Phi) is 6.13. The lowest BCUT2D eigenvalue weighted by molar-refractivity contribution is -0.141. The average Bonchev–Trinajstić information content (AvgIpc) is 3.05. The number of ether oxygens (including phenoxy) is 1. The number of anilines is 1. The summed E-state index contributed by atoms with van der Waals surface area (Å²) < 4.78 is 4.87. The van der Waals surface area contributed by atoms with Crippen LogP contribution in [0, 0.1) is 5.92 Å². The van der Waals surface area contributed by atoms with E-state index in [0.717, 1.165) is 10.8 Å². The van der Waals surface area contributed by atoms with Crippen LogP contribution in [0.25, 0.3) is 10.8 Å². The van der Waals surface area contributed by atoms with Crippen molar-refractivity contribution in [1.82, 2.24) is 10.6 Å². The molecule has 2 aromatic rings. The Labute approximate surface area is 163 Å². The van der Waals surface area contributed by atoms with Crippen LogP contribution in [0.15, 0.2) is 42.5 Å². The topological polar surface area (TPSA) is 96.5 Å². The van der Waals surface area contributed by atoms with Crippen molar-refractivity contribution < 1.29 is 19.1 Å². The molecule has 0 aromatic heterocycles. The summed E-state index contributed by atoms with van der Waals surface area (Å²) in [6, 6.07) is 11.5. The fourth-order valence-corrected chi connectivity index (χ4v) is 3.25. The van der Waals surface area contributed by atoms with Gasteiger partial charge in [0.05, 0.1) is 12.3 Å². The molecule has 3 rings (SSSR count). The van der Waals surface area contributed by atoms with Crippen molar-refractivity contribution in [1.29, 1.82) is 0 Å². The smallest absolute Gasteiger partial charge is 0.328 e. The Morgan fingerprint density at radius 3 is 2.61 bits per heavy atom. The number of benzene rings is 2. The van der Waals surface area contributed by atoms with E-state index in [4.69, 9.17) is 4.74 Å². The highest BCUT2D eigenvalue weighted by Gasteiger charge is 2.31. The van der Waals surface area contributed by atoms with Gasteiger partial charge < -0.3 is 20.7 Å². The summed E-state index contributed by atoms with van der Waals surface area (Å²) >= 11 is 0. The van der Waals surface area contributed by atoms with Crippen molar-refractivity contribution in [2.24, 2.45) is 5.92 Å². The van der Waals surface area contributed by atoms with Crippen LogP contribution in [-0.2, 0) is 14.3 Å². The molecule has 2 aromatic carbocycles. The lowest BCUT2D eigenvalue weighted by atomic mass is 10.0. The maximum atomic E-state index is 12.6. The second-order valence-corrected chi connectivity index (χ2v) is 7.32. The number of carbonyl (C=O) groups excluding carboxylic acids is 3. The SMILES string of the molecule is CC(C)C[C@H](NC(=O)Nc1cccc2ccccc12)C(=O)N[C@H]1CCOC1=O. The molecule has 0 spiro atoms. The largest absolute Gasteiger partial charge is 0.464 e. The molecule has 28 heavy (non-hydrogen) atoms. The van der Waals surface area contributed by atoms with Crippen molar-refractivity contribution in [3.63, 3.8) is 0 Å². The maximum Gasteiger partial charge on any atom is 0.328 e. The van der Waals surface area contributed by atoms with Gasteiger partial charge in [0.2, 0.25) is 5.91 Å². The number of fused-ring (bicyclic) bond motifs is 1. The number of amides is 3. The van der Waals surface area contributed by atoms with Crippen molar-refractivity contribution >= 4 is 34.4 Å². The minimum atomic E-state index is -0.747. The Bertz CT molecular complexity index is 876. The number of rotatable bonds is 6. The molecule has 0 aliphatic carbocycles. The molecule has 148 valence electrons. The maximum absolute atomic E-state index is 12.6. The molecule has 1 heterocycles. The normalized spacial score (nSPS) is 17.2. The third-order valence-corrected chi connectivity index (χ3v) is 4.62. The van der Waals surface area contributed by atoms with Gasteiger partial charge >= 0.3 is 12.0 Å². The molecular weight excluding hydrogens is 358 g/mol. The summed E-state index contributed by atoms with van der Waals surface area (Å²) in [5.74, 6) is -0.633. The second-order valence-electron chi connectivity index (χ2n) is 7.32. The van der Waals surface area contributed by atoms with Crippen molar-refractivity contribution in [3.8, 4) is 0 Å². The summed E-state index contributed by atoms with van der Waals surface area (Å²) in [6.45, 7) is 4.23. The first-order valence-corrected chi connectivity index (χ1v) is 9.46. The third-order valence-electron chi connectivity index (χ3n) is 4.62. The van der Waals surface area contributed by atoms with Gasteiger partial charge in [-0.2, -0.15) is 0 Å². The molecule has 1 fully saturated rings. The van der Waals surface area contributed by atoms with Crippen LogP contribution in [0.4, 0.5) is 10.5 Å². The predicted octanol–water partition coefficient (Wildman–Crippen LogP) is 2.81. The Morgan fingerprint density at radius 2 is 1.89 bits per heavy atom. The van der Waals surface area contributed by atoms with E-state index in [-0.39, 0.29) is 11.8 Å². The monoisotopic (exact) mass is 383 g/mol. The molecule has 3 N–H and O–H groups in total. The predicted molar refractivity (Wildman–Crippen MR) is 107 cm³/mol. The van der Waals surface area contributed by atoms with Gasteiger partial charge in [0.25, 0.3) is 0 Å². The van der Waals surface area contributed by atoms with Crippen LogP contribution in [0.5, 0.6) is 0 Å². The summed E-state index contributed by atoms with van der Waals surface area (Å²) in [6.07, 6.45) is 0.901. The van der Waals surface area contributed by atoms with E-state index >= 15 is 0 Å². The van der Waals surface area contributed by atoms with Gasteiger partial charge in [-0.25, -0.2) is 9.59 Å². The Hall–Kier alpha value is -3.09. The molecule has 1 saturated heterocycles. The summed E-state index contributed by atoms with van der Waals surface area (Å²) in [7, 11) is 0. The van der Waals surface area contributed by atoms with Crippen LogP contribution >= 0.6 is 0 Å². The summed E-state index contributed by atoms with van der Waals surface area (Å²) in [5.41, 5.74) is 0.665. The molecule has 7 heteroatoms. The van der Waals surface area contributed by atoms with E-state index < -0.39 is 24.1 Å². The minimum absolute atomic E-state index is 0.184. The molecule has 1 aliphatic heterocycles. The van der Waals surface area contributed by atoms with E-state index in [2.05, 4.69) is 16.0 Å². The highest BCUT2D eigenvalue weighted by Crippen LogP contribution is 2.22. The van der Waals surface area contributed by atoms with Crippen LogP contribution in [0.3, 0.4) is 0 Å².